The van der Waals surface area contributed by atoms with Crippen molar-refractivity contribution in [3.05, 3.63) is 12.2 Å². The van der Waals surface area contributed by atoms with Crippen molar-refractivity contribution >= 4 is 5.97 Å². The summed E-state index contributed by atoms with van der Waals surface area (Å²) in [4.78, 5) is 12.2. The second kappa shape index (κ2) is 4.09. The summed E-state index contributed by atoms with van der Waals surface area (Å²) in [7, 11) is 1.16. The number of esters is 1. The fourth-order valence-electron chi connectivity index (χ4n) is 3.41. The van der Waals surface area contributed by atoms with Gasteiger partial charge >= 0.3 is 5.97 Å². The number of carbonyl (C=O) groups is 1. The maximum absolute atomic E-state index is 12.2. The molecule has 1 saturated carbocycles. The van der Waals surface area contributed by atoms with Crippen LogP contribution in [-0.2, 0) is 9.53 Å². The molecule has 2 atom stereocenters. The molecule has 0 saturated heterocycles. The zero-order valence-electron chi connectivity index (χ0n) is 10.8. The summed E-state index contributed by atoms with van der Waals surface area (Å²) in [5.41, 5.74) is -5.49. The van der Waals surface area contributed by atoms with E-state index in [0.717, 1.165) is 7.11 Å². The monoisotopic (exact) mass is 266 g/mol. The molecule has 3 aliphatic carbocycles. The highest BCUT2D eigenvalue weighted by Crippen LogP contribution is 2.66. The molecule has 0 aromatic rings. The van der Waals surface area contributed by atoms with Crippen LogP contribution >= 0.6 is 0 Å². The molecule has 0 heterocycles. The summed E-state index contributed by atoms with van der Waals surface area (Å²) >= 11 is 0. The number of methoxy groups -OCH3 is 1. The number of hydrogen-bond acceptors (Lipinski definition) is 6. The van der Waals surface area contributed by atoms with Crippen LogP contribution in [0, 0.1) is 67.5 Å². The molecule has 0 spiro atoms. The molecule has 2 bridgehead atoms. The van der Waals surface area contributed by atoms with E-state index in [1.807, 2.05) is 12.1 Å². The molecule has 1 fully saturated rings. The van der Waals surface area contributed by atoms with Gasteiger partial charge in [0, 0.05) is 5.92 Å². The molecule has 0 aromatic carbocycles. The molecular weight excluding hydrogens is 256 g/mol. The minimum absolute atomic E-state index is 0.215. The van der Waals surface area contributed by atoms with Crippen LogP contribution in [0.5, 0.6) is 0 Å². The second-order valence-corrected chi connectivity index (χ2v) is 4.97. The van der Waals surface area contributed by atoms with E-state index in [-0.39, 0.29) is 6.42 Å². The van der Waals surface area contributed by atoms with Gasteiger partial charge in [0.15, 0.2) is 10.8 Å². The van der Waals surface area contributed by atoms with Crippen molar-refractivity contribution in [3.63, 3.8) is 0 Å². The van der Waals surface area contributed by atoms with Crippen LogP contribution in [0.15, 0.2) is 12.2 Å². The van der Waals surface area contributed by atoms with Gasteiger partial charge in [-0.15, -0.1) is 0 Å². The number of carbonyl (C=O) groups excluding carboxylic acids is 1. The van der Waals surface area contributed by atoms with Crippen LogP contribution in [0.3, 0.4) is 0 Å². The molecule has 6 nitrogen and oxygen atoms in total. The van der Waals surface area contributed by atoms with Gasteiger partial charge in [0.1, 0.15) is 5.41 Å². The molecule has 6 heteroatoms. The van der Waals surface area contributed by atoms with Gasteiger partial charge in [-0.2, -0.15) is 21.0 Å². The molecule has 0 N–H and O–H groups in total. The maximum Gasteiger partial charge on any atom is 0.318 e. The van der Waals surface area contributed by atoms with Crippen LogP contribution in [0.25, 0.3) is 0 Å². The Labute approximate surface area is 116 Å². The van der Waals surface area contributed by atoms with Gasteiger partial charge in [-0.25, -0.2) is 0 Å². The van der Waals surface area contributed by atoms with E-state index < -0.39 is 28.1 Å². The van der Waals surface area contributed by atoms with Gasteiger partial charge in [-0.1, -0.05) is 12.2 Å². The molecule has 20 heavy (non-hydrogen) atoms. The summed E-state index contributed by atoms with van der Waals surface area (Å²) < 4.78 is 4.74. The van der Waals surface area contributed by atoms with Gasteiger partial charge in [0.2, 0.25) is 0 Å². The lowest BCUT2D eigenvalue weighted by Gasteiger charge is -2.53. The predicted molar refractivity (Wildman–Crippen MR) is 63.6 cm³/mol. The Morgan fingerprint density at radius 3 is 2.15 bits per heavy atom. The van der Waals surface area contributed by atoms with Gasteiger partial charge in [-0.3, -0.25) is 4.79 Å². The van der Waals surface area contributed by atoms with Crippen LogP contribution in [0.1, 0.15) is 12.8 Å². The summed E-state index contributed by atoms with van der Waals surface area (Å²) in [6, 6.07) is 7.24. The Kier molecular flexibility index (Phi) is 2.78. The van der Waals surface area contributed by atoms with Crippen molar-refractivity contribution in [1.29, 1.82) is 21.0 Å². The Morgan fingerprint density at radius 2 is 1.80 bits per heavy atom. The lowest BCUT2D eigenvalue weighted by atomic mass is 9.40. The molecule has 0 radical (unpaired) electrons. The number of fused-ring (bicyclic) bond motifs is 2. The highest BCUT2D eigenvalue weighted by Gasteiger charge is 2.75. The first-order valence-corrected chi connectivity index (χ1v) is 5.97. The van der Waals surface area contributed by atoms with Crippen molar-refractivity contribution in [2.75, 3.05) is 7.11 Å². The van der Waals surface area contributed by atoms with E-state index in [0.29, 0.717) is 6.42 Å². The minimum atomic E-state index is -2.06. The zero-order chi connectivity index (χ0) is 15.0. The maximum atomic E-state index is 12.2. The highest BCUT2D eigenvalue weighted by molar-refractivity contribution is 5.84. The SMILES string of the molecule is COC(=O)C12C=CC(CC1)C(C#N)(C#N)C2(C#N)C#N. The number of allylic oxidation sites excluding steroid dienone is 1. The Morgan fingerprint density at radius 1 is 1.20 bits per heavy atom. The largest absolute Gasteiger partial charge is 0.468 e. The van der Waals surface area contributed by atoms with E-state index in [9.17, 15) is 25.8 Å². The summed E-state index contributed by atoms with van der Waals surface area (Å²) in [6.07, 6.45) is 3.65. The summed E-state index contributed by atoms with van der Waals surface area (Å²) in [5.74, 6) is -1.30. The zero-order valence-corrected chi connectivity index (χ0v) is 10.8. The van der Waals surface area contributed by atoms with Crippen molar-refractivity contribution in [1.82, 2.24) is 0 Å². The molecule has 2 unspecified atom stereocenters. The van der Waals surface area contributed by atoms with Crippen LogP contribution < -0.4 is 0 Å². The fraction of sp³-hybridized carbons (Fsp3) is 0.500. The highest BCUT2D eigenvalue weighted by atomic mass is 16.5. The third kappa shape index (κ3) is 1.08. The number of nitriles is 4. The van der Waals surface area contributed by atoms with Gasteiger partial charge < -0.3 is 4.74 Å². The lowest BCUT2D eigenvalue weighted by Crippen LogP contribution is -2.62. The van der Waals surface area contributed by atoms with Crippen molar-refractivity contribution in [2.24, 2.45) is 22.2 Å². The summed E-state index contributed by atoms with van der Waals surface area (Å²) in [5, 5.41) is 38.0. The van der Waals surface area contributed by atoms with E-state index in [4.69, 9.17) is 4.74 Å². The number of rotatable bonds is 1. The number of hydrogen-bond donors (Lipinski definition) is 0. The molecule has 3 rings (SSSR count). The smallest absolute Gasteiger partial charge is 0.318 e. The number of nitrogens with zero attached hydrogens (tertiary/aromatic N) is 4. The first-order chi connectivity index (χ1) is 9.54. The topological polar surface area (TPSA) is 121 Å². The third-order valence-electron chi connectivity index (χ3n) is 4.52. The first-order valence-electron chi connectivity index (χ1n) is 5.97. The third-order valence-corrected chi connectivity index (χ3v) is 4.52. The molecule has 3 aliphatic rings. The van der Waals surface area contributed by atoms with Gasteiger partial charge in [0.25, 0.3) is 0 Å². The number of ether oxygens (including phenoxy) is 1. The lowest BCUT2D eigenvalue weighted by molar-refractivity contribution is -0.161. The second-order valence-electron chi connectivity index (χ2n) is 4.97. The standard InChI is InChI=1S/C14H10N4O2/c1-20-11(19)12-4-2-10(3-5-12)13(6-15,7-16)14(12,8-17)9-18/h2,4,10H,3,5H2,1H3. The predicted octanol–water partition coefficient (Wildman–Crippen LogP) is 1.19. The average molecular weight is 266 g/mol. The van der Waals surface area contributed by atoms with E-state index in [1.54, 1.807) is 18.2 Å². The van der Waals surface area contributed by atoms with E-state index >= 15 is 0 Å². The molecular formula is C14H10N4O2. The van der Waals surface area contributed by atoms with Gasteiger partial charge in [0.05, 0.1) is 31.4 Å². The van der Waals surface area contributed by atoms with Crippen molar-refractivity contribution in [3.8, 4) is 24.3 Å². The Hall–Kier alpha value is -2.83. The fourth-order valence-corrected chi connectivity index (χ4v) is 3.41. The molecule has 0 aliphatic heterocycles. The van der Waals surface area contributed by atoms with E-state index in [2.05, 4.69) is 0 Å². The Balaban J connectivity index is 2.89. The summed E-state index contributed by atoms with van der Waals surface area (Å²) in [6.45, 7) is 0. The van der Waals surface area contributed by atoms with Crippen LogP contribution in [0.2, 0.25) is 0 Å². The van der Waals surface area contributed by atoms with Crippen molar-refractivity contribution < 1.29 is 9.53 Å². The van der Waals surface area contributed by atoms with Crippen molar-refractivity contribution in [2.45, 2.75) is 12.8 Å². The van der Waals surface area contributed by atoms with Crippen LogP contribution in [-0.4, -0.2) is 13.1 Å². The van der Waals surface area contributed by atoms with Gasteiger partial charge in [-0.05, 0) is 12.8 Å². The van der Waals surface area contributed by atoms with E-state index in [1.165, 1.54) is 6.08 Å². The normalized spacial score (nSPS) is 31.1. The van der Waals surface area contributed by atoms with Crippen LogP contribution in [0.4, 0.5) is 0 Å². The molecule has 0 amide bonds. The molecule has 0 aromatic heterocycles. The quantitative estimate of drug-likeness (QED) is 0.519. The first kappa shape index (κ1) is 13.6. The average Bonchev–Trinajstić information content (AvgIpc) is 2.53. The molecule has 98 valence electrons. The minimum Gasteiger partial charge on any atom is -0.468 e. The Bertz CT molecular complexity index is 639.